The van der Waals surface area contributed by atoms with Gasteiger partial charge in [0.2, 0.25) is 10.4 Å². The van der Waals surface area contributed by atoms with Crippen molar-refractivity contribution in [3.63, 3.8) is 0 Å². The van der Waals surface area contributed by atoms with Crippen molar-refractivity contribution in [1.82, 2.24) is 0 Å². The fourth-order valence-electron chi connectivity index (χ4n) is 1.20. The van der Waals surface area contributed by atoms with Crippen LogP contribution in [0.2, 0.25) is 0 Å². The van der Waals surface area contributed by atoms with E-state index in [4.69, 9.17) is 0 Å². The molecule has 0 aromatic heterocycles. The van der Waals surface area contributed by atoms with E-state index < -0.39 is 22.3 Å². The van der Waals surface area contributed by atoms with Crippen LogP contribution in [-0.2, 0) is 14.6 Å². The molecule has 0 aliphatic rings. The summed E-state index contributed by atoms with van der Waals surface area (Å²) in [4.78, 5) is 0. The fourth-order valence-corrected chi connectivity index (χ4v) is 1.68. The van der Waals surface area contributed by atoms with Gasteiger partial charge in [-0.05, 0) is 24.1 Å². The van der Waals surface area contributed by atoms with Crippen LogP contribution in [0.5, 0.6) is 0 Å². The molecule has 0 fully saturated rings. The van der Waals surface area contributed by atoms with Crippen molar-refractivity contribution in [2.24, 2.45) is 0 Å². The minimum Gasteiger partial charge on any atom is -0.726 e. The predicted molar refractivity (Wildman–Crippen MR) is 54.7 cm³/mol. The van der Waals surface area contributed by atoms with Gasteiger partial charge in [0.25, 0.3) is 0 Å². The molecule has 0 bridgehead atoms. The first-order valence-corrected chi connectivity index (χ1v) is 5.76. The summed E-state index contributed by atoms with van der Waals surface area (Å²) in [5, 5.41) is 0. The Hall–Kier alpha value is -0.240. The molecule has 0 saturated carbocycles. The maximum atomic E-state index is 12.6. The zero-order valence-electron chi connectivity index (χ0n) is 9.30. The van der Waals surface area contributed by atoms with E-state index in [1.807, 2.05) is 0 Å². The van der Waals surface area contributed by atoms with Crippen LogP contribution in [0.4, 0.5) is 4.39 Å². The van der Waals surface area contributed by atoms with Gasteiger partial charge in [-0.3, -0.25) is 4.18 Å². The van der Waals surface area contributed by atoms with Crippen LogP contribution in [0.15, 0.2) is 36.9 Å². The molecule has 17 heavy (non-hydrogen) atoms. The Morgan fingerprint density at radius 1 is 1.41 bits per heavy atom. The largest absolute Gasteiger partial charge is 1.00 e. The predicted octanol–water partition coefficient (Wildman–Crippen LogP) is -1.08. The zero-order valence-corrected chi connectivity index (χ0v) is 12.1. The van der Waals surface area contributed by atoms with Crippen molar-refractivity contribution in [2.75, 3.05) is 0 Å². The van der Waals surface area contributed by atoms with E-state index in [-0.39, 0.29) is 36.0 Å². The Balaban J connectivity index is 0.00000256. The topological polar surface area (TPSA) is 66.4 Å². The average Bonchev–Trinajstić information content (AvgIpc) is 2.16. The molecule has 1 unspecified atom stereocenters. The number of halogens is 1. The van der Waals surface area contributed by atoms with E-state index in [1.165, 1.54) is 18.2 Å². The van der Waals surface area contributed by atoms with Gasteiger partial charge in [0.15, 0.2) is 0 Å². The molecule has 0 aliphatic carbocycles. The number of benzene rings is 1. The van der Waals surface area contributed by atoms with E-state index in [2.05, 4.69) is 10.8 Å². The number of hydrogen-bond donors (Lipinski definition) is 0. The molecule has 0 radical (unpaired) electrons. The van der Waals surface area contributed by atoms with Gasteiger partial charge in [-0.25, -0.2) is 12.8 Å². The molecule has 0 saturated heterocycles. The molecule has 1 atom stereocenters. The maximum Gasteiger partial charge on any atom is 1.00 e. The monoisotopic (exact) mass is 268 g/mol. The van der Waals surface area contributed by atoms with Crippen molar-refractivity contribution in [2.45, 2.75) is 12.5 Å². The van der Waals surface area contributed by atoms with Crippen LogP contribution in [0, 0.1) is 5.82 Å². The molecular weight excluding hydrogens is 258 g/mol. The van der Waals surface area contributed by atoms with Crippen LogP contribution in [0.3, 0.4) is 0 Å². The molecule has 1 rings (SSSR count). The minimum atomic E-state index is -4.80. The average molecular weight is 268 g/mol. The van der Waals surface area contributed by atoms with Gasteiger partial charge in [-0.1, -0.05) is 18.2 Å². The quantitative estimate of drug-likeness (QED) is 0.295. The summed E-state index contributed by atoms with van der Waals surface area (Å²) in [7, 11) is -4.80. The van der Waals surface area contributed by atoms with Gasteiger partial charge in [-0.15, -0.1) is 6.58 Å². The molecule has 7 heteroatoms. The number of hydrogen-bond acceptors (Lipinski definition) is 4. The Morgan fingerprint density at radius 2 is 1.94 bits per heavy atom. The van der Waals surface area contributed by atoms with Gasteiger partial charge < -0.3 is 4.55 Å². The molecule has 0 spiro atoms. The minimum absolute atomic E-state index is 0. The Labute approximate surface area is 122 Å². The van der Waals surface area contributed by atoms with Gasteiger partial charge in [0.1, 0.15) is 11.9 Å². The molecular formula is C10H10FNaO4S. The molecule has 0 N–H and O–H groups in total. The van der Waals surface area contributed by atoms with Crippen LogP contribution in [-0.4, -0.2) is 13.0 Å². The summed E-state index contributed by atoms with van der Waals surface area (Å²) >= 11 is 0. The van der Waals surface area contributed by atoms with Gasteiger partial charge >= 0.3 is 29.6 Å². The van der Waals surface area contributed by atoms with E-state index >= 15 is 0 Å². The zero-order chi connectivity index (χ0) is 12.2. The van der Waals surface area contributed by atoms with Crippen LogP contribution < -0.4 is 29.6 Å². The van der Waals surface area contributed by atoms with Gasteiger partial charge in [-0.2, -0.15) is 0 Å². The number of rotatable bonds is 5. The van der Waals surface area contributed by atoms with Crippen molar-refractivity contribution in [3.05, 3.63) is 48.3 Å². The summed E-state index contributed by atoms with van der Waals surface area (Å²) in [5.41, 5.74) is 0.403. The molecule has 0 amide bonds. The van der Waals surface area contributed by atoms with Gasteiger partial charge in [0, 0.05) is 0 Å². The molecule has 88 valence electrons. The van der Waals surface area contributed by atoms with Crippen molar-refractivity contribution in [3.8, 4) is 0 Å². The summed E-state index contributed by atoms with van der Waals surface area (Å²) in [6.45, 7) is 3.42. The fraction of sp³-hybridized carbons (Fsp3) is 0.200. The van der Waals surface area contributed by atoms with Gasteiger partial charge in [0.05, 0.1) is 0 Å². The summed E-state index contributed by atoms with van der Waals surface area (Å²) in [6.07, 6.45) is 0.604. The molecule has 0 heterocycles. The third kappa shape index (κ3) is 6.30. The third-order valence-electron chi connectivity index (χ3n) is 1.86. The van der Waals surface area contributed by atoms with Crippen LogP contribution >= 0.6 is 0 Å². The van der Waals surface area contributed by atoms with E-state index in [1.54, 1.807) is 0 Å². The second-order valence-corrected chi connectivity index (χ2v) is 4.08. The standard InChI is InChI=1S/C10H11FO4S.Na/c1-2-3-10(15-16(12,13)14)8-4-6-9(11)7-5-8;/h2,4-7,10H,1,3H2,(H,12,13,14);/q;+1/p-1. The molecule has 4 nitrogen and oxygen atoms in total. The smallest absolute Gasteiger partial charge is 0.726 e. The van der Waals surface area contributed by atoms with Crippen LogP contribution in [0.1, 0.15) is 18.1 Å². The van der Waals surface area contributed by atoms with E-state index in [9.17, 15) is 17.4 Å². The summed E-state index contributed by atoms with van der Waals surface area (Å²) in [5.74, 6) is -0.453. The van der Waals surface area contributed by atoms with Crippen molar-refractivity contribution < 1.29 is 51.1 Å². The third-order valence-corrected chi connectivity index (χ3v) is 2.32. The first-order valence-electron chi connectivity index (χ1n) is 4.43. The Bertz CT molecular complexity index is 458. The Kier molecular flexibility index (Phi) is 7.15. The molecule has 1 aromatic rings. The SMILES string of the molecule is C=CCC(OS(=O)(=O)[O-])c1ccc(F)cc1.[Na+]. The molecule has 1 aromatic carbocycles. The first-order chi connectivity index (χ1) is 7.42. The van der Waals surface area contributed by atoms with E-state index in [0.29, 0.717) is 5.56 Å². The Morgan fingerprint density at radius 3 is 2.35 bits per heavy atom. The first kappa shape index (κ1) is 16.8. The summed E-state index contributed by atoms with van der Waals surface area (Å²) in [6, 6.07) is 5.03. The van der Waals surface area contributed by atoms with Crippen molar-refractivity contribution in [1.29, 1.82) is 0 Å². The van der Waals surface area contributed by atoms with Crippen LogP contribution in [0.25, 0.3) is 0 Å². The van der Waals surface area contributed by atoms with Crippen molar-refractivity contribution >= 4 is 10.4 Å². The summed E-state index contributed by atoms with van der Waals surface area (Å²) < 4.78 is 48.4. The van der Waals surface area contributed by atoms with E-state index in [0.717, 1.165) is 12.1 Å². The maximum absolute atomic E-state index is 12.6. The molecule has 0 aliphatic heterocycles. The normalized spacial score (nSPS) is 12.6. The second kappa shape index (κ2) is 7.25. The second-order valence-electron chi connectivity index (χ2n) is 3.07.